The van der Waals surface area contributed by atoms with Crippen molar-refractivity contribution in [3.05, 3.63) is 29.3 Å². The number of hydrogen-bond donors (Lipinski definition) is 0. The molecule has 1 aromatic rings. The van der Waals surface area contributed by atoms with Crippen LogP contribution >= 0.6 is 0 Å². The van der Waals surface area contributed by atoms with E-state index in [-0.39, 0.29) is 18.6 Å². The quantitative estimate of drug-likeness (QED) is 0.821. The van der Waals surface area contributed by atoms with Gasteiger partial charge in [0.25, 0.3) is 5.91 Å². The van der Waals surface area contributed by atoms with Gasteiger partial charge in [0.05, 0.1) is 6.61 Å². The van der Waals surface area contributed by atoms with Gasteiger partial charge in [-0.05, 0) is 31.4 Å². The Balaban J connectivity index is 1.76. The molecule has 1 aromatic carbocycles. The summed E-state index contributed by atoms with van der Waals surface area (Å²) >= 11 is 0. The van der Waals surface area contributed by atoms with Gasteiger partial charge >= 0.3 is 6.09 Å². The molecule has 138 valence electrons. The highest BCUT2D eigenvalue weighted by molar-refractivity contribution is 5.78. The second kappa shape index (κ2) is 8.74. The van der Waals surface area contributed by atoms with Crippen molar-refractivity contribution in [3.8, 4) is 5.75 Å². The molecule has 0 radical (unpaired) electrons. The number of piperazine rings is 1. The second-order valence-electron chi connectivity index (χ2n) is 6.90. The first-order chi connectivity index (χ1) is 11.9. The van der Waals surface area contributed by atoms with Crippen LogP contribution in [0.25, 0.3) is 0 Å². The molecule has 0 N–H and O–H groups in total. The largest absolute Gasteiger partial charge is 0.484 e. The lowest BCUT2D eigenvalue weighted by Crippen LogP contribution is -2.51. The van der Waals surface area contributed by atoms with Crippen LogP contribution in [0, 0.1) is 19.8 Å². The van der Waals surface area contributed by atoms with Gasteiger partial charge in [-0.2, -0.15) is 0 Å². The molecular formula is C19H28N2O4. The second-order valence-corrected chi connectivity index (χ2v) is 6.90. The molecule has 0 aromatic heterocycles. The van der Waals surface area contributed by atoms with Gasteiger partial charge in [-0.25, -0.2) is 4.79 Å². The van der Waals surface area contributed by atoms with Gasteiger partial charge in [0, 0.05) is 26.2 Å². The van der Waals surface area contributed by atoms with Crippen LogP contribution in [-0.2, 0) is 9.53 Å². The number of aryl methyl sites for hydroxylation is 2. The Bertz CT molecular complexity index is 607. The first-order valence-corrected chi connectivity index (χ1v) is 8.76. The molecular weight excluding hydrogens is 320 g/mol. The van der Waals surface area contributed by atoms with Crippen LogP contribution in [0.15, 0.2) is 18.2 Å². The Labute approximate surface area is 149 Å². The predicted molar refractivity (Wildman–Crippen MR) is 95.8 cm³/mol. The first kappa shape index (κ1) is 19.1. The lowest BCUT2D eigenvalue weighted by Gasteiger charge is -2.34. The highest BCUT2D eigenvalue weighted by atomic mass is 16.6. The highest BCUT2D eigenvalue weighted by Crippen LogP contribution is 2.18. The Morgan fingerprint density at radius 3 is 2.32 bits per heavy atom. The molecule has 0 spiro atoms. The van der Waals surface area contributed by atoms with Gasteiger partial charge in [0.1, 0.15) is 5.75 Å². The fourth-order valence-electron chi connectivity index (χ4n) is 2.66. The van der Waals surface area contributed by atoms with Crippen molar-refractivity contribution in [2.75, 3.05) is 39.4 Å². The number of carbonyl (C=O) groups excluding carboxylic acids is 2. The first-order valence-electron chi connectivity index (χ1n) is 8.76. The van der Waals surface area contributed by atoms with E-state index in [1.807, 2.05) is 45.9 Å². The number of nitrogens with zero attached hydrogens (tertiary/aromatic N) is 2. The van der Waals surface area contributed by atoms with Crippen LogP contribution in [0.1, 0.15) is 25.0 Å². The zero-order chi connectivity index (χ0) is 18.4. The number of carbonyl (C=O) groups is 2. The third-order valence-electron chi connectivity index (χ3n) is 4.11. The van der Waals surface area contributed by atoms with E-state index in [4.69, 9.17) is 9.47 Å². The van der Waals surface area contributed by atoms with Crippen molar-refractivity contribution >= 4 is 12.0 Å². The summed E-state index contributed by atoms with van der Waals surface area (Å²) in [6.07, 6.45) is -0.299. The Morgan fingerprint density at radius 2 is 1.72 bits per heavy atom. The number of rotatable bonds is 5. The maximum atomic E-state index is 12.3. The van der Waals surface area contributed by atoms with E-state index in [1.165, 1.54) is 0 Å². The van der Waals surface area contributed by atoms with Crippen LogP contribution in [0.5, 0.6) is 5.75 Å². The maximum absolute atomic E-state index is 12.3. The van der Waals surface area contributed by atoms with Gasteiger partial charge in [-0.1, -0.05) is 31.5 Å². The van der Waals surface area contributed by atoms with Gasteiger partial charge in [0.15, 0.2) is 6.61 Å². The lowest BCUT2D eigenvalue weighted by atomic mass is 10.1. The molecule has 6 nitrogen and oxygen atoms in total. The molecule has 1 saturated heterocycles. The predicted octanol–water partition coefficient (Wildman–Crippen LogP) is 2.62. The van der Waals surface area contributed by atoms with E-state index in [0.717, 1.165) is 16.9 Å². The third kappa shape index (κ3) is 5.66. The topological polar surface area (TPSA) is 59.1 Å². The van der Waals surface area contributed by atoms with Crippen LogP contribution in [0.4, 0.5) is 4.79 Å². The minimum absolute atomic E-state index is 0.0156. The summed E-state index contributed by atoms with van der Waals surface area (Å²) in [6.45, 7) is 10.4. The van der Waals surface area contributed by atoms with E-state index in [2.05, 4.69) is 0 Å². The van der Waals surface area contributed by atoms with Crippen LogP contribution in [0.2, 0.25) is 0 Å². The maximum Gasteiger partial charge on any atom is 0.409 e. The smallest absolute Gasteiger partial charge is 0.409 e. The van der Waals surface area contributed by atoms with Crippen molar-refractivity contribution in [1.82, 2.24) is 9.80 Å². The standard InChI is InChI=1S/C19H28N2O4/c1-14(2)12-25-19(23)21-9-7-20(8-10-21)18(22)13-24-17-6-5-15(3)11-16(17)4/h5-6,11,14H,7-10,12-13H2,1-4H3. The lowest BCUT2D eigenvalue weighted by molar-refractivity contribution is -0.135. The van der Waals surface area contributed by atoms with Crippen LogP contribution < -0.4 is 4.74 Å². The van der Waals surface area contributed by atoms with E-state index < -0.39 is 0 Å². The number of amides is 2. The Hall–Kier alpha value is -2.24. The minimum atomic E-state index is -0.299. The molecule has 2 amide bonds. The molecule has 6 heteroatoms. The molecule has 2 rings (SSSR count). The summed E-state index contributed by atoms with van der Waals surface area (Å²) in [7, 11) is 0. The van der Waals surface area contributed by atoms with Gasteiger partial charge in [0.2, 0.25) is 0 Å². The Morgan fingerprint density at radius 1 is 1.08 bits per heavy atom. The van der Waals surface area contributed by atoms with E-state index in [1.54, 1.807) is 9.80 Å². The van der Waals surface area contributed by atoms with Crippen molar-refractivity contribution in [3.63, 3.8) is 0 Å². The molecule has 0 saturated carbocycles. The van der Waals surface area contributed by atoms with E-state index >= 15 is 0 Å². The summed E-state index contributed by atoms with van der Waals surface area (Å²) in [6, 6.07) is 5.89. The molecule has 25 heavy (non-hydrogen) atoms. The van der Waals surface area contributed by atoms with Crippen LogP contribution in [0.3, 0.4) is 0 Å². The SMILES string of the molecule is Cc1ccc(OCC(=O)N2CCN(C(=O)OCC(C)C)CC2)c(C)c1. The molecule has 0 aliphatic carbocycles. The number of ether oxygens (including phenoxy) is 2. The average Bonchev–Trinajstić information content (AvgIpc) is 2.58. The molecule has 1 heterocycles. The molecule has 0 atom stereocenters. The third-order valence-corrected chi connectivity index (χ3v) is 4.11. The fourth-order valence-corrected chi connectivity index (χ4v) is 2.66. The monoisotopic (exact) mass is 348 g/mol. The summed E-state index contributed by atoms with van der Waals surface area (Å²) in [5.41, 5.74) is 2.18. The summed E-state index contributed by atoms with van der Waals surface area (Å²) in [4.78, 5) is 27.6. The van der Waals surface area contributed by atoms with Crippen molar-refractivity contribution in [2.24, 2.45) is 5.92 Å². The molecule has 1 aliphatic heterocycles. The fraction of sp³-hybridized carbons (Fsp3) is 0.579. The van der Waals surface area contributed by atoms with Crippen molar-refractivity contribution < 1.29 is 19.1 Å². The van der Waals surface area contributed by atoms with Crippen molar-refractivity contribution in [2.45, 2.75) is 27.7 Å². The molecule has 1 aliphatic rings. The van der Waals surface area contributed by atoms with Crippen LogP contribution in [-0.4, -0.2) is 61.2 Å². The average molecular weight is 348 g/mol. The highest BCUT2D eigenvalue weighted by Gasteiger charge is 2.25. The Kier molecular flexibility index (Phi) is 6.67. The van der Waals surface area contributed by atoms with Gasteiger partial charge < -0.3 is 19.3 Å². The summed E-state index contributed by atoms with van der Waals surface area (Å²) in [5, 5.41) is 0. The normalized spacial score (nSPS) is 14.6. The number of benzene rings is 1. The zero-order valence-corrected chi connectivity index (χ0v) is 15.6. The summed E-state index contributed by atoms with van der Waals surface area (Å²) in [5.74, 6) is 0.985. The number of hydrogen-bond acceptors (Lipinski definition) is 4. The summed E-state index contributed by atoms with van der Waals surface area (Å²) < 4.78 is 10.9. The minimum Gasteiger partial charge on any atom is -0.484 e. The van der Waals surface area contributed by atoms with Gasteiger partial charge in [-0.3, -0.25) is 4.79 Å². The van der Waals surface area contributed by atoms with E-state index in [9.17, 15) is 9.59 Å². The molecule has 1 fully saturated rings. The van der Waals surface area contributed by atoms with E-state index in [0.29, 0.717) is 38.7 Å². The molecule has 0 unspecified atom stereocenters. The van der Waals surface area contributed by atoms with Gasteiger partial charge in [-0.15, -0.1) is 0 Å². The zero-order valence-electron chi connectivity index (χ0n) is 15.6. The van der Waals surface area contributed by atoms with Crippen molar-refractivity contribution in [1.29, 1.82) is 0 Å². The molecule has 0 bridgehead atoms.